The van der Waals surface area contributed by atoms with Gasteiger partial charge in [-0.05, 0) is 13.8 Å². The maximum Gasteiger partial charge on any atom is 0.171 e. The highest BCUT2D eigenvalue weighted by Crippen LogP contribution is 2.25. The van der Waals surface area contributed by atoms with Crippen LogP contribution in [0.25, 0.3) is 0 Å². The number of halogens is 2. The highest BCUT2D eigenvalue weighted by Gasteiger charge is 2.27. The van der Waals surface area contributed by atoms with Crippen LogP contribution in [0.1, 0.15) is 13.8 Å². The maximum absolute atomic E-state index is 6.05. The van der Waals surface area contributed by atoms with Gasteiger partial charge in [-0.3, -0.25) is 0 Å². The van der Waals surface area contributed by atoms with Crippen molar-refractivity contribution >= 4 is 29.8 Å². The molecule has 90 valence electrons. The lowest BCUT2D eigenvalue weighted by atomic mass is 10.1. The molecule has 1 fully saturated rings. The van der Waals surface area contributed by atoms with Crippen LogP contribution in [-0.4, -0.2) is 35.1 Å². The number of nitrogens with zero attached hydrogens (tertiary/aromatic N) is 3. The number of hydrogen-bond acceptors (Lipinski definition) is 4. The van der Waals surface area contributed by atoms with Gasteiger partial charge in [-0.25, -0.2) is 9.97 Å². The van der Waals surface area contributed by atoms with Crippen LogP contribution >= 0.6 is 24.0 Å². The van der Waals surface area contributed by atoms with Gasteiger partial charge in [0.25, 0.3) is 0 Å². The van der Waals surface area contributed by atoms with Crippen LogP contribution in [0.2, 0.25) is 5.15 Å². The summed E-state index contributed by atoms with van der Waals surface area (Å²) < 4.78 is 0. The van der Waals surface area contributed by atoms with Crippen molar-refractivity contribution in [3.8, 4) is 0 Å². The van der Waals surface area contributed by atoms with E-state index in [9.17, 15) is 0 Å². The Bertz CT molecular complexity index is 337. The fourth-order valence-corrected chi connectivity index (χ4v) is 2.24. The summed E-state index contributed by atoms with van der Waals surface area (Å²) in [7, 11) is 0. The Hall–Kier alpha value is -0.580. The Morgan fingerprint density at radius 3 is 2.38 bits per heavy atom. The van der Waals surface area contributed by atoms with Crippen molar-refractivity contribution in [3.05, 3.63) is 17.5 Å². The predicted molar refractivity (Wildman–Crippen MR) is 68.6 cm³/mol. The standard InChI is InChI=1S/C10H15ClN4.ClH/c1-7-5-12-6-8(2)15(7)10-9(11)13-3-4-14-10;/h3-4,7-8,12H,5-6H2,1-2H3;1H/t7-,8+;. The smallest absolute Gasteiger partial charge is 0.171 e. The molecule has 16 heavy (non-hydrogen) atoms. The summed E-state index contributed by atoms with van der Waals surface area (Å²) in [5.74, 6) is 0.792. The number of piperazine rings is 1. The van der Waals surface area contributed by atoms with E-state index < -0.39 is 0 Å². The van der Waals surface area contributed by atoms with E-state index in [4.69, 9.17) is 11.6 Å². The number of anilines is 1. The molecule has 2 heterocycles. The van der Waals surface area contributed by atoms with Crippen LogP contribution in [0.4, 0.5) is 5.82 Å². The molecule has 2 atom stereocenters. The summed E-state index contributed by atoms with van der Waals surface area (Å²) in [6.45, 7) is 6.23. The van der Waals surface area contributed by atoms with E-state index >= 15 is 0 Å². The first-order valence-corrected chi connectivity index (χ1v) is 5.53. The summed E-state index contributed by atoms with van der Waals surface area (Å²) in [5.41, 5.74) is 0. The highest BCUT2D eigenvalue weighted by molar-refractivity contribution is 6.31. The van der Waals surface area contributed by atoms with Crippen LogP contribution in [-0.2, 0) is 0 Å². The number of hydrogen-bond donors (Lipinski definition) is 1. The second-order valence-electron chi connectivity index (χ2n) is 3.93. The molecule has 1 aromatic rings. The Morgan fingerprint density at radius 2 is 1.81 bits per heavy atom. The van der Waals surface area contributed by atoms with Crippen molar-refractivity contribution in [2.45, 2.75) is 25.9 Å². The van der Waals surface area contributed by atoms with E-state index in [0.717, 1.165) is 18.9 Å². The Balaban J connectivity index is 0.00000128. The average molecular weight is 263 g/mol. The zero-order valence-corrected chi connectivity index (χ0v) is 10.9. The molecule has 1 N–H and O–H groups in total. The molecule has 0 amide bonds. The van der Waals surface area contributed by atoms with Gasteiger partial charge in [0.15, 0.2) is 11.0 Å². The normalized spacial score (nSPS) is 25.1. The summed E-state index contributed by atoms with van der Waals surface area (Å²) in [6.07, 6.45) is 3.30. The van der Waals surface area contributed by atoms with E-state index in [1.54, 1.807) is 12.4 Å². The van der Waals surface area contributed by atoms with Crippen molar-refractivity contribution in [1.29, 1.82) is 0 Å². The van der Waals surface area contributed by atoms with Gasteiger partial charge in [0.2, 0.25) is 0 Å². The van der Waals surface area contributed by atoms with Crippen molar-refractivity contribution < 1.29 is 0 Å². The summed E-state index contributed by atoms with van der Waals surface area (Å²) in [4.78, 5) is 10.6. The monoisotopic (exact) mass is 262 g/mol. The Labute approximate surface area is 107 Å². The van der Waals surface area contributed by atoms with Crippen molar-refractivity contribution in [2.75, 3.05) is 18.0 Å². The molecule has 0 bridgehead atoms. The molecule has 0 radical (unpaired) electrons. The van der Waals surface area contributed by atoms with Gasteiger partial charge in [0.1, 0.15) is 0 Å². The molecule has 1 aromatic heterocycles. The number of rotatable bonds is 1. The number of aromatic nitrogens is 2. The van der Waals surface area contributed by atoms with Crippen molar-refractivity contribution in [1.82, 2.24) is 15.3 Å². The van der Waals surface area contributed by atoms with E-state index in [1.165, 1.54) is 0 Å². The average Bonchev–Trinajstić information content (AvgIpc) is 2.20. The summed E-state index contributed by atoms with van der Waals surface area (Å²) in [6, 6.07) is 0.783. The minimum absolute atomic E-state index is 0. The van der Waals surface area contributed by atoms with E-state index in [-0.39, 0.29) is 12.4 Å². The summed E-state index contributed by atoms with van der Waals surface area (Å²) >= 11 is 6.05. The van der Waals surface area contributed by atoms with E-state index in [2.05, 4.69) is 34.0 Å². The third kappa shape index (κ3) is 2.56. The molecule has 4 nitrogen and oxygen atoms in total. The second-order valence-corrected chi connectivity index (χ2v) is 4.29. The zero-order valence-electron chi connectivity index (χ0n) is 9.35. The van der Waals surface area contributed by atoms with Crippen molar-refractivity contribution in [3.63, 3.8) is 0 Å². The first-order valence-electron chi connectivity index (χ1n) is 5.15. The van der Waals surface area contributed by atoms with Gasteiger partial charge in [-0.15, -0.1) is 12.4 Å². The van der Waals surface area contributed by atoms with Crippen LogP contribution < -0.4 is 10.2 Å². The van der Waals surface area contributed by atoms with Gasteiger partial charge in [0.05, 0.1) is 0 Å². The molecule has 0 unspecified atom stereocenters. The largest absolute Gasteiger partial charge is 0.346 e. The van der Waals surface area contributed by atoms with Crippen molar-refractivity contribution in [2.24, 2.45) is 0 Å². The third-order valence-electron chi connectivity index (χ3n) is 2.71. The van der Waals surface area contributed by atoms with Gasteiger partial charge in [-0.1, -0.05) is 11.6 Å². The van der Waals surface area contributed by atoms with Crippen LogP contribution in [0, 0.1) is 0 Å². The molecule has 0 spiro atoms. The zero-order chi connectivity index (χ0) is 10.8. The molecule has 1 aliphatic heterocycles. The lowest BCUT2D eigenvalue weighted by Gasteiger charge is -2.40. The van der Waals surface area contributed by atoms with Gasteiger partial charge in [-0.2, -0.15) is 0 Å². The minimum Gasteiger partial charge on any atom is -0.346 e. The lowest BCUT2D eigenvalue weighted by Crippen LogP contribution is -2.55. The van der Waals surface area contributed by atoms with E-state index in [1.807, 2.05) is 0 Å². The summed E-state index contributed by atoms with van der Waals surface area (Å²) in [5, 5.41) is 3.85. The Kier molecular flexibility index (Phi) is 4.77. The molecule has 0 aliphatic carbocycles. The molecule has 2 rings (SSSR count). The fraction of sp³-hybridized carbons (Fsp3) is 0.600. The number of nitrogens with one attached hydrogen (secondary N) is 1. The minimum atomic E-state index is 0. The maximum atomic E-state index is 6.05. The quantitative estimate of drug-likeness (QED) is 0.838. The molecule has 1 saturated heterocycles. The molecule has 6 heteroatoms. The molecule has 0 aromatic carbocycles. The highest BCUT2D eigenvalue weighted by atomic mass is 35.5. The molecular formula is C10H16Cl2N4. The predicted octanol–water partition coefficient (Wildman–Crippen LogP) is 1.74. The lowest BCUT2D eigenvalue weighted by molar-refractivity contribution is 0.428. The second kappa shape index (κ2) is 5.66. The molecule has 1 aliphatic rings. The topological polar surface area (TPSA) is 41.0 Å². The van der Waals surface area contributed by atoms with Gasteiger partial charge >= 0.3 is 0 Å². The van der Waals surface area contributed by atoms with Crippen LogP contribution in [0.3, 0.4) is 0 Å². The fourth-order valence-electron chi connectivity index (χ4n) is 2.04. The Morgan fingerprint density at radius 1 is 1.25 bits per heavy atom. The first-order chi connectivity index (χ1) is 7.20. The van der Waals surface area contributed by atoms with Crippen LogP contribution in [0.5, 0.6) is 0 Å². The molecular weight excluding hydrogens is 247 g/mol. The van der Waals surface area contributed by atoms with E-state index in [0.29, 0.717) is 17.2 Å². The molecule has 0 saturated carbocycles. The third-order valence-corrected chi connectivity index (χ3v) is 2.98. The van der Waals surface area contributed by atoms with Gasteiger partial charge in [0, 0.05) is 37.6 Å². The first kappa shape index (κ1) is 13.5. The SMILES string of the molecule is C[C@@H]1CNC[C@H](C)N1c1nccnc1Cl.Cl. The van der Waals surface area contributed by atoms with Crippen LogP contribution in [0.15, 0.2) is 12.4 Å². The van der Waals surface area contributed by atoms with Gasteiger partial charge < -0.3 is 10.2 Å².